The number of ether oxygens (including phenoxy) is 1. The maximum absolute atomic E-state index is 10.9. The third-order valence-electron chi connectivity index (χ3n) is 1.02. The Labute approximate surface area is 67.1 Å². The predicted octanol–water partition coefficient (Wildman–Crippen LogP) is 0.900. The van der Waals surface area contributed by atoms with E-state index in [2.05, 4.69) is 9.82 Å². The molecule has 0 saturated heterocycles. The summed E-state index contributed by atoms with van der Waals surface area (Å²) >= 11 is 0. The first-order valence-corrected chi connectivity index (χ1v) is 5.12. The van der Waals surface area contributed by atoms with Gasteiger partial charge in [0, 0.05) is 0 Å². The fraction of sp³-hybridized carbons (Fsp3) is 0.833. The molecular weight excluding hydrogens is 165 g/mol. The summed E-state index contributed by atoms with van der Waals surface area (Å²) in [5.74, 6) is -0.363. The van der Waals surface area contributed by atoms with Gasteiger partial charge in [0.2, 0.25) is 0 Å². The van der Waals surface area contributed by atoms with Crippen molar-refractivity contribution in [2.45, 2.75) is 19.9 Å². The second kappa shape index (κ2) is 5.22. The number of nitrogens with one attached hydrogen (secondary N) is 1. The lowest BCUT2D eigenvalue weighted by Crippen LogP contribution is -2.30. The summed E-state index contributed by atoms with van der Waals surface area (Å²) in [5, 5.41) is 2.56. The van der Waals surface area contributed by atoms with Crippen molar-refractivity contribution in [1.29, 1.82) is 0 Å². The average Bonchev–Trinajstić information content (AvgIpc) is 1.86. The molecule has 0 bridgehead atoms. The van der Waals surface area contributed by atoms with Crippen molar-refractivity contribution in [3.8, 4) is 0 Å². The van der Waals surface area contributed by atoms with Crippen molar-refractivity contribution in [3.05, 3.63) is 0 Å². The zero-order chi connectivity index (χ0) is 8.85. The van der Waals surface area contributed by atoms with Crippen molar-refractivity contribution >= 4 is 13.9 Å². The molecular formula is C6H13NO3P+. The summed E-state index contributed by atoms with van der Waals surface area (Å²) in [6, 6.07) is -0.483. The van der Waals surface area contributed by atoms with E-state index in [9.17, 15) is 9.36 Å². The molecule has 0 aliphatic rings. The van der Waals surface area contributed by atoms with Gasteiger partial charge in [-0.1, -0.05) is 9.65 Å². The minimum absolute atomic E-state index is 0.353. The van der Waals surface area contributed by atoms with Crippen LogP contribution in [-0.4, -0.2) is 25.3 Å². The largest absolute Gasteiger partial charge is 0.465 e. The summed E-state index contributed by atoms with van der Waals surface area (Å²) < 4.78 is 15.3. The molecule has 4 nitrogen and oxygen atoms in total. The van der Waals surface area contributed by atoms with Gasteiger partial charge in [0.1, 0.15) is 6.04 Å². The van der Waals surface area contributed by atoms with Crippen LogP contribution in [0.3, 0.4) is 0 Å². The van der Waals surface area contributed by atoms with Crippen molar-refractivity contribution in [2.75, 3.05) is 13.3 Å². The molecule has 0 aromatic rings. The van der Waals surface area contributed by atoms with E-state index in [1.54, 1.807) is 13.8 Å². The highest BCUT2D eigenvalue weighted by atomic mass is 31.1. The van der Waals surface area contributed by atoms with Crippen LogP contribution in [0.2, 0.25) is 0 Å². The molecule has 0 radical (unpaired) electrons. The van der Waals surface area contributed by atoms with E-state index in [0.29, 0.717) is 6.61 Å². The summed E-state index contributed by atoms with van der Waals surface area (Å²) in [4.78, 5) is 10.9. The molecule has 0 rings (SSSR count). The van der Waals surface area contributed by atoms with Crippen LogP contribution in [0, 0.1) is 0 Å². The van der Waals surface area contributed by atoms with E-state index in [1.165, 1.54) is 6.66 Å². The number of carbonyl (C=O) groups is 1. The standard InChI is InChI=1S/C6H13NO3P/c1-4-10-6(8)5(2)7-11(3)9/h5H,4H2,1-3H3,(H,7,9)/q+1. The minimum atomic E-state index is -1.48. The van der Waals surface area contributed by atoms with E-state index < -0.39 is 14.0 Å². The maximum atomic E-state index is 10.9. The molecule has 0 aromatic heterocycles. The molecule has 64 valence electrons. The predicted molar refractivity (Wildman–Crippen MR) is 42.8 cm³/mol. The van der Waals surface area contributed by atoms with E-state index in [-0.39, 0.29) is 5.97 Å². The fourth-order valence-electron chi connectivity index (χ4n) is 0.593. The highest BCUT2D eigenvalue weighted by Crippen LogP contribution is 2.07. The van der Waals surface area contributed by atoms with Gasteiger partial charge in [-0.25, -0.2) is 0 Å². The van der Waals surface area contributed by atoms with E-state index in [4.69, 9.17) is 0 Å². The molecule has 0 aromatic carbocycles. The van der Waals surface area contributed by atoms with Crippen molar-refractivity contribution < 1.29 is 14.1 Å². The topological polar surface area (TPSA) is 55.4 Å². The Morgan fingerprint density at radius 1 is 1.73 bits per heavy atom. The summed E-state index contributed by atoms with van der Waals surface area (Å²) in [6.45, 7) is 5.21. The molecule has 0 aliphatic heterocycles. The number of hydrogen-bond donors (Lipinski definition) is 1. The molecule has 0 saturated carbocycles. The Bertz CT molecular complexity index is 160. The van der Waals surface area contributed by atoms with Crippen LogP contribution in [0.15, 0.2) is 0 Å². The van der Waals surface area contributed by atoms with Gasteiger partial charge in [-0.05, 0) is 13.8 Å². The van der Waals surface area contributed by atoms with E-state index in [0.717, 1.165) is 0 Å². The highest BCUT2D eigenvalue weighted by molar-refractivity contribution is 7.41. The van der Waals surface area contributed by atoms with Gasteiger partial charge in [0.25, 0.3) is 0 Å². The van der Waals surface area contributed by atoms with Gasteiger partial charge >= 0.3 is 13.9 Å². The van der Waals surface area contributed by atoms with Gasteiger partial charge < -0.3 is 4.74 Å². The second-order valence-corrected chi connectivity index (χ2v) is 3.35. The maximum Gasteiger partial charge on any atom is 0.429 e. The molecule has 11 heavy (non-hydrogen) atoms. The molecule has 0 aliphatic carbocycles. The first kappa shape index (κ1) is 10.5. The quantitative estimate of drug-likeness (QED) is 0.513. The molecule has 1 N–H and O–H groups in total. The number of carbonyl (C=O) groups excluding carboxylic acids is 1. The van der Waals surface area contributed by atoms with E-state index in [1.807, 2.05) is 0 Å². The Kier molecular flexibility index (Phi) is 4.99. The molecule has 0 heterocycles. The number of hydrogen-bond acceptors (Lipinski definition) is 3. The summed E-state index contributed by atoms with van der Waals surface area (Å²) in [6.07, 6.45) is 0. The van der Waals surface area contributed by atoms with Gasteiger partial charge in [-0.2, -0.15) is 0 Å². The summed E-state index contributed by atoms with van der Waals surface area (Å²) in [5.41, 5.74) is 0. The normalized spacial score (nSPS) is 13.9. The first-order valence-electron chi connectivity index (χ1n) is 3.41. The van der Waals surface area contributed by atoms with E-state index >= 15 is 0 Å². The molecule has 2 unspecified atom stereocenters. The molecule has 0 spiro atoms. The van der Waals surface area contributed by atoms with Crippen LogP contribution in [0.4, 0.5) is 0 Å². The third kappa shape index (κ3) is 4.87. The highest BCUT2D eigenvalue weighted by Gasteiger charge is 2.20. The lowest BCUT2D eigenvalue weighted by molar-refractivity contribution is -0.144. The third-order valence-corrected chi connectivity index (χ3v) is 1.77. The van der Waals surface area contributed by atoms with Crippen LogP contribution in [0.25, 0.3) is 0 Å². The van der Waals surface area contributed by atoms with Crippen LogP contribution >= 0.6 is 7.95 Å². The lowest BCUT2D eigenvalue weighted by atomic mass is 10.4. The first-order chi connectivity index (χ1) is 5.07. The second-order valence-electron chi connectivity index (χ2n) is 2.10. The molecule has 5 heteroatoms. The fourth-order valence-corrected chi connectivity index (χ4v) is 1.24. The van der Waals surface area contributed by atoms with Gasteiger partial charge in [-0.3, -0.25) is 4.79 Å². The summed E-state index contributed by atoms with van der Waals surface area (Å²) in [7, 11) is -1.48. The molecule has 0 amide bonds. The molecule has 0 fully saturated rings. The van der Waals surface area contributed by atoms with Crippen LogP contribution in [-0.2, 0) is 14.1 Å². The van der Waals surface area contributed by atoms with Gasteiger partial charge in [0.05, 0.1) is 6.61 Å². The lowest BCUT2D eigenvalue weighted by Gasteiger charge is -2.04. The van der Waals surface area contributed by atoms with Gasteiger partial charge in [-0.15, -0.1) is 0 Å². The average molecular weight is 178 g/mol. The smallest absolute Gasteiger partial charge is 0.429 e. The minimum Gasteiger partial charge on any atom is -0.465 e. The van der Waals surface area contributed by atoms with Crippen LogP contribution in [0.5, 0.6) is 0 Å². The Morgan fingerprint density at radius 2 is 2.27 bits per heavy atom. The molecule has 2 atom stereocenters. The zero-order valence-corrected chi connectivity index (χ0v) is 7.85. The van der Waals surface area contributed by atoms with Gasteiger partial charge in [0.15, 0.2) is 6.66 Å². The zero-order valence-electron chi connectivity index (χ0n) is 6.96. The van der Waals surface area contributed by atoms with Crippen molar-refractivity contribution in [1.82, 2.24) is 5.09 Å². The number of esters is 1. The SMILES string of the molecule is CCOC(=O)C(C)N[P+](C)=O. The monoisotopic (exact) mass is 178 g/mol. The number of rotatable bonds is 4. The van der Waals surface area contributed by atoms with Crippen LogP contribution in [0.1, 0.15) is 13.8 Å². The van der Waals surface area contributed by atoms with Crippen molar-refractivity contribution in [2.24, 2.45) is 0 Å². The Morgan fingerprint density at radius 3 is 2.64 bits per heavy atom. The van der Waals surface area contributed by atoms with Crippen LogP contribution < -0.4 is 5.09 Å². The Balaban J connectivity index is 3.73. The van der Waals surface area contributed by atoms with Crippen molar-refractivity contribution in [3.63, 3.8) is 0 Å². The Hall–Kier alpha value is -0.470.